The molecule has 1 spiro atoms. The molecule has 12 unspecified atom stereocenters. The van der Waals surface area contributed by atoms with Crippen LogP contribution in [-0.4, -0.2) is 124 Å². The number of hydrogen-bond acceptors (Lipinski definition) is 17. The smallest absolute Gasteiger partial charge is 0.408 e. The first-order valence-electron chi connectivity index (χ1n) is 21.3. The number of rotatable bonds is 12. The third kappa shape index (κ3) is 8.41. The number of ether oxygens (including phenoxy) is 6. The van der Waals surface area contributed by atoms with Crippen molar-refractivity contribution in [1.29, 1.82) is 0 Å². The molecule has 1 saturated heterocycles. The van der Waals surface area contributed by atoms with Gasteiger partial charge in [-0.2, -0.15) is 0 Å². The van der Waals surface area contributed by atoms with Gasteiger partial charge in [-0.1, -0.05) is 69.3 Å². The summed E-state index contributed by atoms with van der Waals surface area (Å²) in [5.74, 6) is -9.07. The highest BCUT2D eigenvalue weighted by molar-refractivity contribution is 6.40. The van der Waals surface area contributed by atoms with Crippen molar-refractivity contribution in [2.24, 2.45) is 33.8 Å². The maximum atomic E-state index is 14.9. The molecule has 1 aliphatic heterocycles. The Balaban J connectivity index is 1.47. The Morgan fingerprint density at radius 2 is 1.56 bits per heavy atom. The molecule has 2 aromatic rings. The molecule has 3 saturated carbocycles. The summed E-state index contributed by atoms with van der Waals surface area (Å²) in [7, 11) is 0. The Morgan fingerprint density at radius 3 is 2.17 bits per heavy atom. The maximum absolute atomic E-state index is 14.9. The lowest BCUT2D eigenvalue weighted by Crippen LogP contribution is -2.79. The van der Waals surface area contributed by atoms with E-state index in [2.05, 4.69) is 5.32 Å². The highest BCUT2D eigenvalue weighted by Crippen LogP contribution is 2.67. The van der Waals surface area contributed by atoms with Crippen LogP contribution in [0.4, 0.5) is 4.79 Å². The first-order chi connectivity index (χ1) is 29.9. The monoisotopic (exact) mass is 894 g/mol. The summed E-state index contributed by atoms with van der Waals surface area (Å²) in [5, 5.41) is 40.0. The molecular formula is C46H58N2O16. The van der Waals surface area contributed by atoms with Gasteiger partial charge in [0.1, 0.15) is 29.5 Å². The van der Waals surface area contributed by atoms with Crippen LogP contribution in [0, 0.1) is 28.1 Å². The van der Waals surface area contributed by atoms with Crippen LogP contribution in [0.2, 0.25) is 0 Å². The summed E-state index contributed by atoms with van der Waals surface area (Å²) in [6.07, 6.45) is -11.9. The van der Waals surface area contributed by atoms with E-state index in [1.54, 1.807) is 57.2 Å². The van der Waals surface area contributed by atoms with E-state index in [9.17, 15) is 48.9 Å². The van der Waals surface area contributed by atoms with Gasteiger partial charge in [-0.15, -0.1) is 0 Å². The Morgan fingerprint density at radius 1 is 0.938 bits per heavy atom. The molecule has 64 heavy (non-hydrogen) atoms. The number of fused-ring (bicyclic) bond motifs is 3. The van der Waals surface area contributed by atoms with Gasteiger partial charge in [-0.25, -0.2) is 19.2 Å². The van der Waals surface area contributed by atoms with E-state index in [0.717, 1.165) is 0 Å². The molecule has 0 aromatic heterocycles. The van der Waals surface area contributed by atoms with Crippen molar-refractivity contribution >= 4 is 41.5 Å². The molecule has 2 aromatic carbocycles. The lowest BCUT2D eigenvalue weighted by Gasteiger charge is -2.65. The molecule has 4 aliphatic rings. The molecule has 348 valence electrons. The number of benzene rings is 2. The lowest BCUT2D eigenvalue weighted by atomic mass is 9.40. The average Bonchev–Trinajstić information content (AvgIpc) is 3.50. The third-order valence-electron chi connectivity index (χ3n) is 13.7. The summed E-state index contributed by atoms with van der Waals surface area (Å²) in [4.78, 5) is 97.7. The van der Waals surface area contributed by atoms with Gasteiger partial charge < -0.3 is 54.8 Å². The molecule has 1 amide bonds. The first kappa shape index (κ1) is 48.2. The van der Waals surface area contributed by atoms with E-state index in [1.807, 2.05) is 0 Å². The number of esters is 4. The molecule has 1 heterocycles. The number of Topliss-reactive ketones (excluding diaryl/α,β-unsaturated/α-hetero) is 2. The Labute approximate surface area is 370 Å². The number of aliphatic hydroxyl groups is 3. The average molecular weight is 895 g/mol. The highest BCUT2D eigenvalue weighted by atomic mass is 16.6. The fourth-order valence-electron chi connectivity index (χ4n) is 10.3. The van der Waals surface area contributed by atoms with Gasteiger partial charge in [0.15, 0.2) is 6.61 Å². The molecule has 0 radical (unpaired) electrons. The van der Waals surface area contributed by atoms with Gasteiger partial charge in [-0.3, -0.25) is 14.4 Å². The topological polar surface area (TPSA) is 274 Å². The van der Waals surface area contributed by atoms with Crippen LogP contribution in [0.25, 0.3) is 0 Å². The maximum Gasteiger partial charge on any atom is 0.408 e. The Bertz CT molecular complexity index is 2130. The zero-order chi connectivity index (χ0) is 47.2. The van der Waals surface area contributed by atoms with Crippen LogP contribution in [0.5, 0.6) is 0 Å². The molecule has 12 atom stereocenters. The number of ketones is 2. The quantitative estimate of drug-likeness (QED) is 0.116. The zero-order valence-corrected chi connectivity index (χ0v) is 36.9. The first-order valence-corrected chi connectivity index (χ1v) is 21.3. The minimum atomic E-state index is -2.45. The number of nitrogens with two attached hydrogens (primary N) is 1. The van der Waals surface area contributed by atoms with Crippen LogP contribution < -0.4 is 11.1 Å². The normalized spacial score (nSPS) is 32.6. The minimum Gasteiger partial charge on any atom is -0.459 e. The second kappa shape index (κ2) is 18.0. The van der Waals surface area contributed by atoms with E-state index in [-0.39, 0.29) is 30.5 Å². The Kier molecular flexibility index (Phi) is 13.5. The van der Waals surface area contributed by atoms with Crippen molar-refractivity contribution in [1.82, 2.24) is 5.32 Å². The second-order valence-corrected chi connectivity index (χ2v) is 18.9. The van der Waals surface area contributed by atoms with Gasteiger partial charge in [0.25, 0.3) is 0 Å². The summed E-state index contributed by atoms with van der Waals surface area (Å²) in [6.45, 7) is 9.09. The number of hydrogen-bond donors (Lipinski definition) is 5. The van der Waals surface area contributed by atoms with Crippen molar-refractivity contribution in [2.45, 2.75) is 122 Å². The molecule has 4 bridgehead atoms. The van der Waals surface area contributed by atoms with Crippen molar-refractivity contribution < 1.29 is 77.3 Å². The molecule has 3 aliphatic carbocycles. The van der Waals surface area contributed by atoms with E-state index in [0.29, 0.717) is 0 Å². The zero-order valence-electron chi connectivity index (χ0n) is 36.9. The van der Waals surface area contributed by atoms with Crippen LogP contribution >= 0.6 is 0 Å². The Hall–Kier alpha value is -5.27. The fraction of sp³-hybridized carbons (Fsp3) is 0.587. The van der Waals surface area contributed by atoms with Crippen molar-refractivity contribution in [2.75, 3.05) is 19.8 Å². The predicted octanol–water partition coefficient (Wildman–Crippen LogP) is 2.28. The number of carbonyl (C=O) groups excluding carboxylic acids is 7. The number of aliphatic hydroxyl groups excluding tert-OH is 2. The summed E-state index contributed by atoms with van der Waals surface area (Å²) in [5.41, 5.74) is -3.75. The molecule has 18 nitrogen and oxygen atoms in total. The van der Waals surface area contributed by atoms with E-state index < -0.39 is 143 Å². The van der Waals surface area contributed by atoms with Crippen LogP contribution in [0.3, 0.4) is 0 Å². The largest absolute Gasteiger partial charge is 0.459 e. The number of amides is 1. The highest BCUT2D eigenvalue weighted by Gasteiger charge is 2.81. The van der Waals surface area contributed by atoms with Gasteiger partial charge in [0, 0.05) is 36.6 Å². The summed E-state index contributed by atoms with van der Waals surface area (Å²) < 4.78 is 34.6. The number of carbonyl (C=O) groups is 7. The van der Waals surface area contributed by atoms with Gasteiger partial charge in [0.2, 0.25) is 17.7 Å². The van der Waals surface area contributed by atoms with Crippen LogP contribution in [-0.2, 0) is 52.4 Å². The fourth-order valence-corrected chi connectivity index (χ4v) is 10.3. The van der Waals surface area contributed by atoms with E-state index in [4.69, 9.17) is 34.2 Å². The molecule has 18 heteroatoms. The number of nitrogens with one attached hydrogen (secondary N) is 1. The summed E-state index contributed by atoms with van der Waals surface area (Å²) >= 11 is 0. The lowest BCUT2D eigenvalue weighted by molar-refractivity contribution is -0.288. The standard InChI is InChI=1S/C46H58N2O16/c1-24-28(61-39(56)35(62-31(51)22-59-30(50)18-19-47)33(25-14-10-8-11-15-25)48-41(57)64-42(2,3)4)21-46(58)40(63-38(55)26-16-12-9-13-17-26)45-23-60-27(36(45)53)20-29(49)44(45,7)37(54)34(52)32(24)43(46,5)6/h8-17,24,27-29,32-33,35-36,40,49,53,58H,18-23,47H2,1-7H3,(H,48,57). The van der Waals surface area contributed by atoms with E-state index in [1.165, 1.54) is 52.0 Å². The van der Waals surface area contributed by atoms with Gasteiger partial charge in [0.05, 0.1) is 47.7 Å². The van der Waals surface area contributed by atoms with Gasteiger partial charge in [-0.05, 0) is 45.4 Å². The minimum absolute atomic E-state index is 0.0410. The van der Waals surface area contributed by atoms with Crippen molar-refractivity contribution in [3.05, 3.63) is 71.8 Å². The van der Waals surface area contributed by atoms with Crippen molar-refractivity contribution in [3.63, 3.8) is 0 Å². The molecule has 6 rings (SSSR count). The summed E-state index contributed by atoms with van der Waals surface area (Å²) in [6, 6.07) is 14.1. The third-order valence-corrected chi connectivity index (χ3v) is 13.7. The molecule has 4 fully saturated rings. The molecular weight excluding hydrogens is 837 g/mol. The molecule has 6 N–H and O–H groups in total. The van der Waals surface area contributed by atoms with E-state index >= 15 is 0 Å². The van der Waals surface area contributed by atoms with Crippen LogP contribution in [0.1, 0.15) is 89.7 Å². The van der Waals surface area contributed by atoms with Crippen molar-refractivity contribution in [3.8, 4) is 0 Å². The predicted molar refractivity (Wildman–Crippen MR) is 222 cm³/mol. The van der Waals surface area contributed by atoms with Crippen LogP contribution in [0.15, 0.2) is 60.7 Å². The van der Waals surface area contributed by atoms with Gasteiger partial charge >= 0.3 is 30.0 Å². The second-order valence-electron chi connectivity index (χ2n) is 18.9. The SMILES string of the molecule is CC1C(OC(=O)C(OC(=O)COC(=O)CCN)C(NC(=O)OC(C)(C)C)c2ccccc2)CC2(O)C(OC(=O)c3ccccc3)C34COC(CC(O)C3(C)C(=O)C(=O)C1C2(C)C)C4O. The number of alkyl carbamates (subject to hydrolysis) is 1.